The van der Waals surface area contributed by atoms with E-state index in [2.05, 4.69) is 10.1 Å². The van der Waals surface area contributed by atoms with Crippen molar-refractivity contribution in [2.24, 2.45) is 5.84 Å². The number of furan rings is 1. The second-order valence-electron chi connectivity index (χ2n) is 6.55. The smallest absolute Gasteiger partial charge is 0.269 e. The van der Waals surface area contributed by atoms with Crippen LogP contribution in [0.1, 0.15) is 32.8 Å². The van der Waals surface area contributed by atoms with Crippen LogP contribution in [0.4, 0.5) is 5.69 Å². The number of nitrogens with one attached hydrogen (secondary N) is 2. The summed E-state index contributed by atoms with van der Waals surface area (Å²) in [6, 6.07) is 8.42. The van der Waals surface area contributed by atoms with Crippen LogP contribution in [0.2, 0.25) is 0 Å². The van der Waals surface area contributed by atoms with Gasteiger partial charge in [-0.25, -0.2) is 14.3 Å². The molecule has 2 aromatic carbocycles. The largest absolute Gasteiger partial charge is 0.461 e. The van der Waals surface area contributed by atoms with Gasteiger partial charge in [0.2, 0.25) is 0 Å². The van der Waals surface area contributed by atoms with Gasteiger partial charge >= 0.3 is 0 Å². The Hall–Kier alpha value is -2.84. The Morgan fingerprint density at radius 2 is 1.67 bits per heavy atom. The molecule has 0 atom stereocenters. The molecule has 1 aromatic heterocycles. The first-order valence-electron chi connectivity index (χ1n) is 8.29. The zero-order chi connectivity index (χ0) is 19.9. The van der Waals surface area contributed by atoms with Crippen molar-refractivity contribution >= 4 is 32.6 Å². The molecule has 0 fully saturated rings. The number of carbonyl (C=O) groups is 1. The molecule has 3 aromatic rings. The lowest BCUT2D eigenvalue weighted by molar-refractivity contribution is 0.0953. The summed E-state index contributed by atoms with van der Waals surface area (Å²) in [5.74, 6) is 5.13. The zero-order valence-electron chi connectivity index (χ0n) is 15.5. The fourth-order valence-corrected chi connectivity index (χ4v) is 4.94. The summed E-state index contributed by atoms with van der Waals surface area (Å²) in [7, 11) is -3.80. The SMILES string of the molecule is Cc1cc(C)c(S(=O)(=O)Nc2ccc3oc(C)c(C(=O)NN)c3c2)c(C)c1. The first kappa shape index (κ1) is 18.9. The van der Waals surface area contributed by atoms with E-state index in [1.165, 1.54) is 0 Å². The number of nitrogens with two attached hydrogens (primary N) is 1. The van der Waals surface area contributed by atoms with Crippen LogP contribution in [0.3, 0.4) is 0 Å². The van der Waals surface area contributed by atoms with E-state index >= 15 is 0 Å². The van der Waals surface area contributed by atoms with Crippen LogP contribution >= 0.6 is 0 Å². The standard InChI is InChI=1S/C19H21N3O4S/c1-10-7-11(2)18(12(3)8-10)27(24,25)22-14-5-6-16-15(9-14)17(13(4)26-16)19(23)21-20/h5-9,22H,20H2,1-4H3,(H,21,23). The lowest BCUT2D eigenvalue weighted by atomic mass is 10.1. The van der Waals surface area contributed by atoms with Gasteiger partial charge in [-0.3, -0.25) is 14.9 Å². The maximum atomic E-state index is 12.9. The second-order valence-corrected chi connectivity index (χ2v) is 8.17. The van der Waals surface area contributed by atoms with E-state index in [-0.39, 0.29) is 10.5 Å². The summed E-state index contributed by atoms with van der Waals surface area (Å²) in [5, 5.41) is 0.480. The molecular formula is C19H21N3O4S. The highest BCUT2D eigenvalue weighted by Crippen LogP contribution is 2.30. The minimum atomic E-state index is -3.80. The Bertz CT molecular complexity index is 1140. The topological polar surface area (TPSA) is 114 Å². The molecule has 0 aliphatic heterocycles. The van der Waals surface area contributed by atoms with Gasteiger partial charge in [-0.1, -0.05) is 17.7 Å². The third-order valence-corrected chi connectivity index (χ3v) is 6.03. The van der Waals surface area contributed by atoms with Crippen molar-refractivity contribution in [3.8, 4) is 0 Å². The molecule has 142 valence electrons. The first-order valence-corrected chi connectivity index (χ1v) is 9.77. The molecular weight excluding hydrogens is 366 g/mol. The molecule has 0 spiro atoms. The Labute approximate surface area is 157 Å². The predicted molar refractivity (Wildman–Crippen MR) is 104 cm³/mol. The summed E-state index contributed by atoms with van der Waals surface area (Å²) in [6.07, 6.45) is 0. The molecule has 0 saturated heterocycles. The number of hydrogen-bond donors (Lipinski definition) is 3. The summed E-state index contributed by atoms with van der Waals surface area (Å²) in [6.45, 7) is 7.10. The molecule has 0 bridgehead atoms. The highest BCUT2D eigenvalue weighted by Gasteiger charge is 2.22. The number of anilines is 1. The van der Waals surface area contributed by atoms with E-state index in [0.717, 1.165) is 5.56 Å². The monoisotopic (exact) mass is 387 g/mol. The molecule has 4 N–H and O–H groups in total. The van der Waals surface area contributed by atoms with Crippen LogP contribution < -0.4 is 16.0 Å². The van der Waals surface area contributed by atoms with Crippen LogP contribution in [0.5, 0.6) is 0 Å². The number of rotatable bonds is 4. The third kappa shape index (κ3) is 3.41. The Balaban J connectivity index is 2.08. The summed E-state index contributed by atoms with van der Waals surface area (Å²) in [4.78, 5) is 12.3. The second kappa shape index (κ2) is 6.71. The van der Waals surface area contributed by atoms with Crippen LogP contribution in [0.25, 0.3) is 11.0 Å². The van der Waals surface area contributed by atoms with Gasteiger partial charge in [-0.2, -0.15) is 0 Å². The molecule has 0 aliphatic rings. The van der Waals surface area contributed by atoms with Crippen LogP contribution in [-0.2, 0) is 10.0 Å². The van der Waals surface area contributed by atoms with E-state index in [9.17, 15) is 13.2 Å². The van der Waals surface area contributed by atoms with E-state index in [1.807, 2.05) is 19.1 Å². The molecule has 1 heterocycles. The molecule has 0 aliphatic carbocycles. The van der Waals surface area contributed by atoms with Crippen molar-refractivity contribution in [3.05, 3.63) is 58.3 Å². The molecule has 7 nitrogen and oxygen atoms in total. The fraction of sp³-hybridized carbons (Fsp3) is 0.211. The van der Waals surface area contributed by atoms with Gasteiger partial charge < -0.3 is 4.42 Å². The molecule has 8 heteroatoms. The van der Waals surface area contributed by atoms with Gasteiger partial charge in [0, 0.05) is 11.1 Å². The maximum absolute atomic E-state index is 12.9. The van der Waals surface area contributed by atoms with Gasteiger partial charge in [0.15, 0.2) is 0 Å². The summed E-state index contributed by atoms with van der Waals surface area (Å²) in [5.41, 5.74) is 5.48. The maximum Gasteiger partial charge on any atom is 0.269 e. The molecule has 3 rings (SSSR count). The molecule has 1 amide bonds. The average Bonchev–Trinajstić information content (AvgIpc) is 2.87. The highest BCUT2D eigenvalue weighted by atomic mass is 32.2. The van der Waals surface area contributed by atoms with Gasteiger partial charge in [0.25, 0.3) is 15.9 Å². The quantitative estimate of drug-likeness (QED) is 0.362. The number of carbonyl (C=O) groups excluding carboxylic acids is 1. The van der Waals surface area contributed by atoms with Gasteiger partial charge in [0.1, 0.15) is 11.3 Å². The number of fused-ring (bicyclic) bond motifs is 1. The zero-order valence-corrected chi connectivity index (χ0v) is 16.3. The molecule has 0 unspecified atom stereocenters. The van der Waals surface area contributed by atoms with E-state index in [0.29, 0.717) is 33.5 Å². The fourth-order valence-electron chi connectivity index (χ4n) is 3.43. The Morgan fingerprint density at radius 1 is 1.04 bits per heavy atom. The van der Waals surface area contributed by atoms with Crippen LogP contribution in [0, 0.1) is 27.7 Å². The Kier molecular flexibility index (Phi) is 4.71. The molecule has 0 radical (unpaired) electrons. The van der Waals surface area contributed by atoms with Crippen molar-refractivity contribution in [2.75, 3.05) is 4.72 Å². The lowest BCUT2D eigenvalue weighted by Gasteiger charge is -2.14. The summed E-state index contributed by atoms with van der Waals surface area (Å²) < 4.78 is 34.0. The van der Waals surface area contributed by atoms with Gasteiger partial charge in [-0.05, 0) is 57.0 Å². The van der Waals surface area contributed by atoms with Crippen LogP contribution in [-0.4, -0.2) is 14.3 Å². The van der Waals surface area contributed by atoms with E-state index in [4.69, 9.17) is 10.3 Å². The number of aryl methyl sites for hydroxylation is 4. The van der Waals surface area contributed by atoms with E-state index in [1.54, 1.807) is 39.0 Å². The number of hydrogen-bond acceptors (Lipinski definition) is 5. The van der Waals surface area contributed by atoms with Gasteiger partial charge in [0.05, 0.1) is 10.5 Å². The van der Waals surface area contributed by atoms with Crippen molar-refractivity contribution in [2.45, 2.75) is 32.6 Å². The number of sulfonamides is 1. The number of hydrazine groups is 1. The van der Waals surface area contributed by atoms with Crippen molar-refractivity contribution in [3.63, 3.8) is 0 Å². The highest BCUT2D eigenvalue weighted by molar-refractivity contribution is 7.92. The number of benzene rings is 2. The summed E-state index contributed by atoms with van der Waals surface area (Å²) >= 11 is 0. The lowest BCUT2D eigenvalue weighted by Crippen LogP contribution is -2.30. The molecule has 0 saturated carbocycles. The third-order valence-electron chi connectivity index (χ3n) is 4.35. The van der Waals surface area contributed by atoms with Crippen LogP contribution in [0.15, 0.2) is 39.6 Å². The minimum Gasteiger partial charge on any atom is -0.461 e. The average molecular weight is 387 g/mol. The normalized spacial score (nSPS) is 11.6. The first-order chi connectivity index (χ1) is 12.6. The minimum absolute atomic E-state index is 0.247. The number of amides is 1. The van der Waals surface area contributed by atoms with Crippen molar-refractivity contribution in [1.82, 2.24) is 5.43 Å². The number of nitrogen functional groups attached to an aromatic ring is 1. The molecule has 27 heavy (non-hydrogen) atoms. The Morgan fingerprint density at radius 3 is 2.26 bits per heavy atom. The van der Waals surface area contributed by atoms with Crippen molar-refractivity contribution in [1.29, 1.82) is 0 Å². The van der Waals surface area contributed by atoms with E-state index < -0.39 is 15.9 Å². The van der Waals surface area contributed by atoms with Gasteiger partial charge in [-0.15, -0.1) is 0 Å². The van der Waals surface area contributed by atoms with Crippen molar-refractivity contribution < 1.29 is 17.6 Å². The predicted octanol–water partition coefficient (Wildman–Crippen LogP) is 3.07.